The van der Waals surface area contributed by atoms with Crippen molar-refractivity contribution >= 4 is 10.0 Å². The zero-order valence-electron chi connectivity index (χ0n) is 13.0. The van der Waals surface area contributed by atoms with Gasteiger partial charge in [-0.15, -0.1) is 0 Å². The summed E-state index contributed by atoms with van der Waals surface area (Å²) in [6, 6.07) is 5.10. The van der Waals surface area contributed by atoms with Crippen LogP contribution in [0.4, 0.5) is 0 Å². The minimum absolute atomic E-state index is 0.337. The molecule has 1 fully saturated rings. The van der Waals surface area contributed by atoms with Crippen LogP contribution in [-0.2, 0) is 16.4 Å². The van der Waals surface area contributed by atoms with E-state index in [9.17, 15) is 8.42 Å². The van der Waals surface area contributed by atoms with E-state index in [-0.39, 0.29) is 0 Å². The summed E-state index contributed by atoms with van der Waals surface area (Å²) in [5.74, 6) is 1.60. The highest BCUT2D eigenvalue weighted by Gasteiger charge is 2.20. The number of rotatable bonds is 5. The van der Waals surface area contributed by atoms with Crippen LogP contribution < -0.4 is 9.46 Å². The maximum Gasteiger partial charge on any atom is 0.240 e. The quantitative estimate of drug-likeness (QED) is 0.894. The molecule has 0 amide bonds. The molecule has 2 aliphatic heterocycles. The molecule has 1 saturated heterocycles. The molecule has 2 heterocycles. The second-order valence-electron chi connectivity index (χ2n) is 6.29. The first-order valence-corrected chi connectivity index (χ1v) is 9.51. The van der Waals surface area contributed by atoms with Crippen LogP contribution in [0.15, 0.2) is 23.1 Å². The van der Waals surface area contributed by atoms with E-state index in [1.807, 2.05) is 0 Å². The number of hydrogen-bond donors (Lipinski definition) is 1. The predicted molar refractivity (Wildman–Crippen MR) is 85.7 cm³/mol. The highest BCUT2D eigenvalue weighted by Crippen LogP contribution is 2.27. The molecule has 2 aliphatic rings. The number of benzene rings is 1. The summed E-state index contributed by atoms with van der Waals surface area (Å²) in [6.07, 6.45) is 3.19. The van der Waals surface area contributed by atoms with Crippen molar-refractivity contribution < 1.29 is 13.2 Å². The van der Waals surface area contributed by atoms with Gasteiger partial charge in [0.1, 0.15) is 5.75 Å². The Bertz CT molecular complexity index is 622. The van der Waals surface area contributed by atoms with Crippen LogP contribution in [0.5, 0.6) is 5.75 Å². The monoisotopic (exact) mass is 324 g/mol. The Kier molecular flexibility index (Phi) is 4.70. The van der Waals surface area contributed by atoms with Crippen LogP contribution in [-0.4, -0.2) is 46.1 Å². The lowest BCUT2D eigenvalue weighted by molar-refractivity contribution is 0.195. The van der Waals surface area contributed by atoms with E-state index >= 15 is 0 Å². The first-order chi connectivity index (χ1) is 10.5. The molecule has 122 valence electrons. The molecule has 0 spiro atoms. The fourth-order valence-electron chi connectivity index (χ4n) is 3.04. The molecule has 0 unspecified atom stereocenters. The molecule has 3 rings (SSSR count). The fourth-order valence-corrected chi connectivity index (χ4v) is 4.11. The van der Waals surface area contributed by atoms with Crippen LogP contribution >= 0.6 is 0 Å². The largest absolute Gasteiger partial charge is 0.493 e. The van der Waals surface area contributed by atoms with Gasteiger partial charge in [-0.05, 0) is 55.6 Å². The van der Waals surface area contributed by atoms with E-state index in [1.165, 1.54) is 12.8 Å². The van der Waals surface area contributed by atoms with Gasteiger partial charge in [0, 0.05) is 19.5 Å². The maximum absolute atomic E-state index is 12.4. The molecule has 0 aliphatic carbocycles. The normalized spacial score (nSPS) is 19.9. The third-order valence-electron chi connectivity index (χ3n) is 4.57. The average molecular weight is 324 g/mol. The summed E-state index contributed by atoms with van der Waals surface area (Å²) >= 11 is 0. The lowest BCUT2D eigenvalue weighted by Crippen LogP contribution is -2.39. The first kappa shape index (κ1) is 15.8. The molecule has 1 aromatic carbocycles. The molecule has 0 radical (unpaired) electrons. The van der Waals surface area contributed by atoms with Gasteiger partial charge in [-0.2, -0.15) is 0 Å². The molecular formula is C16H24N2O3S. The van der Waals surface area contributed by atoms with Crippen LogP contribution in [0.25, 0.3) is 0 Å². The lowest BCUT2D eigenvalue weighted by atomic mass is 9.99. The molecule has 0 bridgehead atoms. The Balaban J connectivity index is 1.55. The van der Waals surface area contributed by atoms with Crippen molar-refractivity contribution in [2.24, 2.45) is 5.92 Å². The van der Waals surface area contributed by atoms with Gasteiger partial charge in [0.25, 0.3) is 0 Å². The third-order valence-corrected chi connectivity index (χ3v) is 6.03. The van der Waals surface area contributed by atoms with Crippen LogP contribution in [0.3, 0.4) is 0 Å². The van der Waals surface area contributed by atoms with Crippen LogP contribution in [0, 0.1) is 5.92 Å². The molecule has 5 nitrogen and oxygen atoms in total. The zero-order chi connectivity index (χ0) is 15.6. The van der Waals surface area contributed by atoms with Crippen molar-refractivity contribution in [3.8, 4) is 5.75 Å². The van der Waals surface area contributed by atoms with Gasteiger partial charge >= 0.3 is 0 Å². The zero-order valence-corrected chi connectivity index (χ0v) is 13.9. The highest BCUT2D eigenvalue weighted by atomic mass is 32.2. The minimum atomic E-state index is -3.43. The van der Waals surface area contributed by atoms with Crippen molar-refractivity contribution in [1.82, 2.24) is 9.62 Å². The van der Waals surface area contributed by atoms with E-state index in [2.05, 4.69) is 16.5 Å². The maximum atomic E-state index is 12.4. The van der Waals surface area contributed by atoms with Gasteiger partial charge in [0.15, 0.2) is 0 Å². The van der Waals surface area contributed by atoms with E-state index < -0.39 is 10.0 Å². The number of likely N-dealkylation sites (tertiary alicyclic amines) is 1. The van der Waals surface area contributed by atoms with E-state index in [0.717, 1.165) is 43.3 Å². The first-order valence-electron chi connectivity index (χ1n) is 8.02. The van der Waals surface area contributed by atoms with Crippen LogP contribution in [0.1, 0.15) is 25.3 Å². The number of fused-ring (bicyclic) bond motifs is 1. The Morgan fingerprint density at radius 3 is 2.86 bits per heavy atom. The van der Waals surface area contributed by atoms with Crippen molar-refractivity contribution in [1.29, 1.82) is 0 Å². The topological polar surface area (TPSA) is 58.6 Å². The number of nitrogens with one attached hydrogen (secondary N) is 1. The van der Waals surface area contributed by atoms with Crippen molar-refractivity contribution in [3.63, 3.8) is 0 Å². The molecule has 1 aromatic rings. The summed E-state index contributed by atoms with van der Waals surface area (Å²) in [4.78, 5) is 2.67. The Morgan fingerprint density at radius 2 is 2.09 bits per heavy atom. The van der Waals surface area contributed by atoms with E-state index in [1.54, 1.807) is 18.2 Å². The van der Waals surface area contributed by atoms with Gasteiger partial charge in [0.2, 0.25) is 10.0 Å². The van der Waals surface area contributed by atoms with E-state index in [4.69, 9.17) is 4.74 Å². The Hall–Kier alpha value is -1.11. The number of nitrogens with zero attached hydrogens (tertiary/aromatic N) is 1. The molecular weight excluding hydrogens is 300 g/mol. The van der Waals surface area contributed by atoms with Gasteiger partial charge in [0.05, 0.1) is 11.5 Å². The summed E-state index contributed by atoms with van der Waals surface area (Å²) in [7, 11) is -3.43. The summed E-state index contributed by atoms with van der Waals surface area (Å²) in [5.41, 5.74) is 0.980. The smallest absolute Gasteiger partial charge is 0.240 e. The minimum Gasteiger partial charge on any atom is -0.493 e. The molecule has 22 heavy (non-hydrogen) atoms. The number of ether oxygens (including phenoxy) is 1. The van der Waals surface area contributed by atoms with Gasteiger partial charge in [-0.25, -0.2) is 13.1 Å². The third kappa shape index (κ3) is 3.62. The SMILES string of the molecule is CC1CCN(CCNS(=O)(=O)c2ccc3c(c2)CCO3)CC1. The van der Waals surface area contributed by atoms with Gasteiger partial charge < -0.3 is 9.64 Å². The number of piperidine rings is 1. The average Bonchev–Trinajstić information content (AvgIpc) is 2.96. The molecule has 0 aromatic heterocycles. The second kappa shape index (κ2) is 6.56. The second-order valence-corrected chi connectivity index (χ2v) is 8.06. The highest BCUT2D eigenvalue weighted by molar-refractivity contribution is 7.89. The lowest BCUT2D eigenvalue weighted by Gasteiger charge is -2.30. The summed E-state index contributed by atoms with van der Waals surface area (Å²) < 4.78 is 32.8. The van der Waals surface area contributed by atoms with E-state index in [0.29, 0.717) is 18.0 Å². The predicted octanol–water partition coefficient (Wildman–Crippen LogP) is 1.63. The molecule has 6 heteroatoms. The summed E-state index contributed by atoms with van der Waals surface area (Å²) in [6.45, 7) is 6.29. The van der Waals surface area contributed by atoms with Gasteiger partial charge in [-0.3, -0.25) is 0 Å². The fraction of sp³-hybridized carbons (Fsp3) is 0.625. The van der Waals surface area contributed by atoms with Crippen molar-refractivity contribution in [3.05, 3.63) is 23.8 Å². The Labute approximate surface area is 132 Å². The molecule has 0 saturated carbocycles. The van der Waals surface area contributed by atoms with Gasteiger partial charge in [-0.1, -0.05) is 6.92 Å². The molecule has 1 N–H and O–H groups in total. The van der Waals surface area contributed by atoms with Crippen molar-refractivity contribution in [2.75, 3.05) is 32.8 Å². The standard InChI is InChI=1S/C16H24N2O3S/c1-13-4-8-18(9-5-13)10-7-17-22(19,20)15-2-3-16-14(12-15)6-11-21-16/h2-3,12-13,17H,4-11H2,1H3. The van der Waals surface area contributed by atoms with Crippen LogP contribution in [0.2, 0.25) is 0 Å². The number of sulfonamides is 1. The molecule has 0 atom stereocenters. The summed E-state index contributed by atoms with van der Waals surface area (Å²) in [5, 5.41) is 0. The van der Waals surface area contributed by atoms with Crippen molar-refractivity contribution in [2.45, 2.75) is 31.1 Å². The number of hydrogen-bond acceptors (Lipinski definition) is 4. The Morgan fingerprint density at radius 1 is 1.32 bits per heavy atom.